The Morgan fingerprint density at radius 1 is 1.75 bits per heavy atom. The van der Waals surface area contributed by atoms with Gasteiger partial charge in [0, 0.05) is 4.43 Å². The molecule has 3 nitrogen and oxygen atoms in total. The number of halogens is 1. The van der Waals surface area contributed by atoms with Crippen molar-refractivity contribution in [2.75, 3.05) is 17.6 Å². The van der Waals surface area contributed by atoms with Crippen LogP contribution in [-0.4, -0.2) is 23.5 Å². The Morgan fingerprint density at radius 3 is 2.75 bits per heavy atom. The predicted molar refractivity (Wildman–Crippen MR) is 38.9 cm³/mol. The van der Waals surface area contributed by atoms with Crippen LogP contribution < -0.4 is 5.73 Å². The van der Waals surface area contributed by atoms with Crippen LogP contribution in [-0.2, 0) is 9.53 Å². The molecule has 0 fully saturated rings. The molecule has 0 bridgehead atoms. The molecule has 4 heteroatoms. The number of hydrogen-bond donors (Lipinski definition) is 1. The van der Waals surface area contributed by atoms with Crippen LogP contribution in [0.15, 0.2) is 0 Å². The molecular weight excluding hydrogens is 221 g/mol. The molecule has 0 amide bonds. The van der Waals surface area contributed by atoms with Crippen molar-refractivity contribution in [3.8, 4) is 0 Å². The van der Waals surface area contributed by atoms with E-state index in [4.69, 9.17) is 5.73 Å². The normalized spacial score (nSPS) is 8.75. The Hall–Kier alpha value is 0.160. The topological polar surface area (TPSA) is 52.3 Å². The van der Waals surface area contributed by atoms with Crippen molar-refractivity contribution in [2.45, 2.75) is 0 Å². The van der Waals surface area contributed by atoms with Crippen molar-refractivity contribution in [1.82, 2.24) is 0 Å². The average Bonchev–Trinajstić information content (AvgIpc) is 1.83. The van der Waals surface area contributed by atoms with Gasteiger partial charge in [-0.2, -0.15) is 0 Å². The molecule has 0 radical (unpaired) electrons. The van der Waals surface area contributed by atoms with Crippen LogP contribution in [0.1, 0.15) is 0 Å². The Morgan fingerprint density at radius 2 is 2.38 bits per heavy atom. The molecule has 0 saturated carbocycles. The van der Waals surface area contributed by atoms with Crippen molar-refractivity contribution in [3.05, 3.63) is 0 Å². The molecule has 0 aromatic heterocycles. The lowest BCUT2D eigenvalue weighted by Gasteiger charge is -1.96. The lowest BCUT2D eigenvalue weighted by Crippen LogP contribution is -2.17. The first kappa shape index (κ1) is 8.16. The van der Waals surface area contributed by atoms with Crippen molar-refractivity contribution in [1.29, 1.82) is 0 Å². The van der Waals surface area contributed by atoms with Crippen LogP contribution in [0.3, 0.4) is 0 Å². The lowest BCUT2D eigenvalue weighted by atomic mass is 10.7. The van der Waals surface area contributed by atoms with E-state index in [-0.39, 0.29) is 12.5 Å². The third-order valence-electron chi connectivity index (χ3n) is 0.507. The molecule has 0 atom stereocenters. The largest absolute Gasteiger partial charge is 0.464 e. The molecule has 2 N–H and O–H groups in total. The highest BCUT2D eigenvalue weighted by molar-refractivity contribution is 14.1. The summed E-state index contributed by atoms with van der Waals surface area (Å²) in [5.74, 6) is -0.332. The molecule has 8 heavy (non-hydrogen) atoms. The van der Waals surface area contributed by atoms with E-state index in [1.54, 1.807) is 0 Å². The minimum atomic E-state index is -0.332. The van der Waals surface area contributed by atoms with E-state index in [1.807, 2.05) is 0 Å². The van der Waals surface area contributed by atoms with Crippen molar-refractivity contribution in [2.24, 2.45) is 5.73 Å². The highest BCUT2D eigenvalue weighted by atomic mass is 127. The molecule has 0 saturated heterocycles. The third kappa shape index (κ3) is 4.32. The maximum Gasteiger partial charge on any atom is 0.319 e. The summed E-state index contributed by atoms with van der Waals surface area (Å²) >= 11 is 2.12. The SMILES string of the molecule is NCC(=O)OCCI. The molecule has 0 aromatic carbocycles. The number of hydrogen-bond acceptors (Lipinski definition) is 3. The third-order valence-corrected chi connectivity index (χ3v) is 0.947. The Balaban J connectivity index is 2.99. The number of nitrogens with two attached hydrogens (primary N) is 1. The van der Waals surface area contributed by atoms with Gasteiger partial charge in [0.15, 0.2) is 0 Å². The standard InChI is InChI=1S/C4H8INO2/c5-1-2-8-4(7)3-6/h1-3,6H2. The summed E-state index contributed by atoms with van der Waals surface area (Å²) in [6, 6.07) is 0. The van der Waals surface area contributed by atoms with Gasteiger partial charge in [-0.05, 0) is 0 Å². The van der Waals surface area contributed by atoms with E-state index in [1.165, 1.54) is 0 Å². The molecule has 0 aromatic rings. The summed E-state index contributed by atoms with van der Waals surface area (Å²) in [5, 5.41) is 0. The summed E-state index contributed by atoms with van der Waals surface area (Å²) in [7, 11) is 0. The lowest BCUT2D eigenvalue weighted by molar-refractivity contribution is -0.141. The molecule has 48 valence electrons. The molecule has 0 heterocycles. The van der Waals surface area contributed by atoms with Crippen LogP contribution in [0.2, 0.25) is 0 Å². The number of alkyl halides is 1. The molecule has 0 aliphatic heterocycles. The van der Waals surface area contributed by atoms with Gasteiger partial charge in [-0.15, -0.1) is 0 Å². The summed E-state index contributed by atoms with van der Waals surface area (Å²) in [4.78, 5) is 10.2. The summed E-state index contributed by atoms with van der Waals surface area (Å²) in [6.45, 7) is 0.452. The zero-order valence-electron chi connectivity index (χ0n) is 4.39. The molecular formula is C4H8INO2. The quantitative estimate of drug-likeness (QED) is 0.418. The fraction of sp³-hybridized carbons (Fsp3) is 0.750. The summed E-state index contributed by atoms with van der Waals surface area (Å²) < 4.78 is 5.39. The van der Waals surface area contributed by atoms with Crippen LogP contribution in [0.4, 0.5) is 0 Å². The van der Waals surface area contributed by atoms with Crippen LogP contribution in [0, 0.1) is 0 Å². The van der Waals surface area contributed by atoms with Gasteiger partial charge in [0.1, 0.15) is 6.61 Å². The van der Waals surface area contributed by atoms with E-state index >= 15 is 0 Å². The van der Waals surface area contributed by atoms with Gasteiger partial charge in [-0.25, -0.2) is 0 Å². The van der Waals surface area contributed by atoms with E-state index in [9.17, 15) is 4.79 Å². The van der Waals surface area contributed by atoms with Crippen LogP contribution in [0.25, 0.3) is 0 Å². The summed E-state index contributed by atoms with van der Waals surface area (Å²) in [5.41, 5.74) is 4.94. The first-order chi connectivity index (χ1) is 3.81. The zero-order chi connectivity index (χ0) is 6.41. The van der Waals surface area contributed by atoms with Gasteiger partial charge in [0.25, 0.3) is 0 Å². The zero-order valence-corrected chi connectivity index (χ0v) is 6.55. The van der Waals surface area contributed by atoms with Gasteiger partial charge in [-0.1, -0.05) is 22.6 Å². The highest BCUT2D eigenvalue weighted by Crippen LogP contribution is 1.81. The first-order valence-corrected chi connectivity index (χ1v) is 3.75. The monoisotopic (exact) mass is 229 g/mol. The number of carbonyl (C=O) groups excluding carboxylic acids is 1. The smallest absolute Gasteiger partial charge is 0.319 e. The molecule has 0 spiro atoms. The van der Waals surface area contributed by atoms with Gasteiger partial charge < -0.3 is 10.5 Å². The van der Waals surface area contributed by atoms with Gasteiger partial charge in [-0.3, -0.25) is 4.79 Å². The number of carbonyl (C=O) groups is 1. The Kier molecular flexibility index (Phi) is 5.41. The second kappa shape index (κ2) is 5.30. The first-order valence-electron chi connectivity index (χ1n) is 2.23. The van der Waals surface area contributed by atoms with Crippen molar-refractivity contribution >= 4 is 28.6 Å². The van der Waals surface area contributed by atoms with Gasteiger partial charge in [0.05, 0.1) is 6.54 Å². The second-order valence-corrected chi connectivity index (χ2v) is 2.19. The van der Waals surface area contributed by atoms with Gasteiger partial charge in [0.2, 0.25) is 0 Å². The van der Waals surface area contributed by atoms with E-state index < -0.39 is 0 Å². The van der Waals surface area contributed by atoms with E-state index in [2.05, 4.69) is 27.3 Å². The van der Waals surface area contributed by atoms with E-state index in [0.717, 1.165) is 4.43 Å². The van der Waals surface area contributed by atoms with Crippen molar-refractivity contribution in [3.63, 3.8) is 0 Å². The Labute approximate surface area is 61.7 Å². The number of esters is 1. The second-order valence-electron chi connectivity index (χ2n) is 1.11. The van der Waals surface area contributed by atoms with E-state index in [0.29, 0.717) is 6.61 Å². The minimum Gasteiger partial charge on any atom is -0.464 e. The maximum atomic E-state index is 10.2. The molecule has 0 aliphatic rings. The van der Waals surface area contributed by atoms with Crippen LogP contribution in [0.5, 0.6) is 0 Å². The fourth-order valence-corrected chi connectivity index (χ4v) is 0.432. The minimum absolute atomic E-state index is 0.0172. The average molecular weight is 229 g/mol. The maximum absolute atomic E-state index is 10.2. The molecule has 0 aliphatic carbocycles. The van der Waals surface area contributed by atoms with Crippen molar-refractivity contribution < 1.29 is 9.53 Å². The summed E-state index contributed by atoms with van der Waals surface area (Å²) in [6.07, 6.45) is 0. The highest BCUT2D eigenvalue weighted by Gasteiger charge is 1.94. The van der Waals surface area contributed by atoms with Gasteiger partial charge >= 0.3 is 5.97 Å². The molecule has 0 rings (SSSR count). The molecule has 0 unspecified atom stereocenters. The predicted octanol–water partition coefficient (Wildman–Crippen LogP) is -0.0767. The number of rotatable bonds is 3. The van der Waals surface area contributed by atoms with Crippen LogP contribution >= 0.6 is 22.6 Å². The number of ether oxygens (including phenoxy) is 1. The Bertz CT molecular complexity index is 76.4. The fourth-order valence-electron chi connectivity index (χ4n) is 0.211.